The molecule has 0 aromatic heterocycles. The second-order valence-corrected chi connectivity index (χ2v) is 6.28. The highest BCUT2D eigenvalue weighted by Crippen LogP contribution is 2.30. The Hall–Kier alpha value is -0.120. The molecule has 0 spiro atoms. The summed E-state index contributed by atoms with van der Waals surface area (Å²) in [6.45, 7) is 5.94. The normalized spacial score (nSPS) is 34.7. The van der Waals surface area contributed by atoms with E-state index in [9.17, 15) is 0 Å². The van der Waals surface area contributed by atoms with E-state index in [1.54, 1.807) is 0 Å². The van der Waals surface area contributed by atoms with Crippen molar-refractivity contribution in [3.63, 3.8) is 0 Å². The van der Waals surface area contributed by atoms with Crippen LogP contribution in [0.25, 0.3) is 0 Å². The largest absolute Gasteiger partial charge is 0.375 e. The molecule has 2 aliphatic heterocycles. The fraction of sp³-hybridized carbons (Fsp3) is 1.00. The van der Waals surface area contributed by atoms with Crippen LogP contribution in [-0.2, 0) is 4.74 Å². The van der Waals surface area contributed by atoms with Crippen LogP contribution in [0.3, 0.4) is 0 Å². The van der Waals surface area contributed by atoms with Gasteiger partial charge in [0.25, 0.3) is 0 Å². The summed E-state index contributed by atoms with van der Waals surface area (Å²) < 4.78 is 5.88. The van der Waals surface area contributed by atoms with E-state index in [4.69, 9.17) is 4.74 Å². The maximum absolute atomic E-state index is 5.88. The smallest absolute Gasteiger partial charge is 0.0730 e. The lowest BCUT2D eigenvalue weighted by Crippen LogP contribution is -2.48. The molecule has 0 aromatic carbocycles. The van der Waals surface area contributed by atoms with Gasteiger partial charge in [0.05, 0.1) is 12.7 Å². The topological polar surface area (TPSA) is 24.5 Å². The monoisotopic (exact) mass is 252 g/mol. The molecule has 2 heterocycles. The van der Waals surface area contributed by atoms with Crippen LogP contribution < -0.4 is 5.32 Å². The Morgan fingerprint density at radius 1 is 1.11 bits per heavy atom. The first-order valence-corrected chi connectivity index (χ1v) is 8.00. The van der Waals surface area contributed by atoms with Crippen molar-refractivity contribution in [3.8, 4) is 0 Å². The second-order valence-electron chi connectivity index (χ2n) is 6.28. The van der Waals surface area contributed by atoms with E-state index in [0.29, 0.717) is 6.10 Å². The van der Waals surface area contributed by atoms with Crippen LogP contribution in [0, 0.1) is 5.92 Å². The van der Waals surface area contributed by atoms with Crippen molar-refractivity contribution in [3.05, 3.63) is 0 Å². The summed E-state index contributed by atoms with van der Waals surface area (Å²) in [5.74, 6) is 0.992. The predicted octanol–water partition coefficient (Wildman–Crippen LogP) is 2.02. The standard InChI is InChI=1S/C15H28N2O/c1-4-14-15(5-1)18-12-11-17(14)10-2-3-13-6-8-16-9-7-13/h13-16H,1-12H2. The average molecular weight is 252 g/mol. The van der Waals surface area contributed by atoms with Crippen molar-refractivity contribution in [2.75, 3.05) is 32.8 Å². The quantitative estimate of drug-likeness (QED) is 0.828. The first kappa shape index (κ1) is 12.9. The van der Waals surface area contributed by atoms with Crippen LogP contribution in [0.15, 0.2) is 0 Å². The number of nitrogens with one attached hydrogen (secondary N) is 1. The van der Waals surface area contributed by atoms with Crippen molar-refractivity contribution < 1.29 is 4.74 Å². The SMILES string of the molecule is C1CC2OCCN(CCCC3CCNCC3)C2C1. The Morgan fingerprint density at radius 3 is 2.89 bits per heavy atom. The number of piperidine rings is 1. The molecule has 2 saturated heterocycles. The molecule has 1 N–H and O–H groups in total. The van der Waals surface area contributed by atoms with Crippen molar-refractivity contribution in [2.24, 2.45) is 5.92 Å². The molecule has 0 aromatic rings. The van der Waals surface area contributed by atoms with Gasteiger partial charge >= 0.3 is 0 Å². The molecule has 1 saturated carbocycles. The summed E-state index contributed by atoms with van der Waals surface area (Å²) in [6.07, 6.45) is 10.3. The van der Waals surface area contributed by atoms with Crippen LogP contribution in [-0.4, -0.2) is 49.8 Å². The van der Waals surface area contributed by atoms with Gasteiger partial charge in [-0.25, -0.2) is 0 Å². The Balaban J connectivity index is 1.39. The lowest BCUT2D eigenvalue weighted by molar-refractivity contribution is -0.0561. The third-order valence-corrected chi connectivity index (χ3v) is 5.11. The third-order valence-electron chi connectivity index (χ3n) is 5.11. The van der Waals surface area contributed by atoms with Gasteiger partial charge in [-0.05, 0) is 70.5 Å². The minimum Gasteiger partial charge on any atom is -0.375 e. The Bertz CT molecular complexity index is 253. The van der Waals surface area contributed by atoms with E-state index in [1.165, 1.54) is 71.1 Å². The summed E-state index contributed by atoms with van der Waals surface area (Å²) >= 11 is 0. The lowest BCUT2D eigenvalue weighted by Gasteiger charge is -2.38. The summed E-state index contributed by atoms with van der Waals surface area (Å²) in [6, 6.07) is 0.756. The highest BCUT2D eigenvalue weighted by Gasteiger charge is 2.35. The third kappa shape index (κ3) is 3.06. The molecular formula is C15H28N2O. The Kier molecular flexibility index (Phi) is 4.55. The predicted molar refractivity (Wildman–Crippen MR) is 73.8 cm³/mol. The summed E-state index contributed by atoms with van der Waals surface area (Å²) in [5.41, 5.74) is 0. The average Bonchev–Trinajstić information content (AvgIpc) is 2.89. The fourth-order valence-electron chi connectivity index (χ4n) is 4.04. The Morgan fingerprint density at radius 2 is 2.00 bits per heavy atom. The van der Waals surface area contributed by atoms with E-state index in [0.717, 1.165) is 18.6 Å². The van der Waals surface area contributed by atoms with Crippen molar-refractivity contribution in [1.29, 1.82) is 0 Å². The first-order chi connectivity index (χ1) is 8.93. The van der Waals surface area contributed by atoms with Gasteiger partial charge in [-0.1, -0.05) is 0 Å². The van der Waals surface area contributed by atoms with Gasteiger partial charge < -0.3 is 10.1 Å². The molecule has 3 rings (SSSR count). The van der Waals surface area contributed by atoms with E-state index in [1.807, 2.05) is 0 Å². The van der Waals surface area contributed by atoms with Crippen molar-refractivity contribution >= 4 is 0 Å². The molecule has 0 amide bonds. The van der Waals surface area contributed by atoms with Gasteiger partial charge in [0.15, 0.2) is 0 Å². The molecule has 3 nitrogen and oxygen atoms in total. The highest BCUT2D eigenvalue weighted by molar-refractivity contribution is 4.89. The van der Waals surface area contributed by atoms with Gasteiger partial charge in [0, 0.05) is 12.6 Å². The maximum atomic E-state index is 5.88. The van der Waals surface area contributed by atoms with Crippen LogP contribution >= 0.6 is 0 Å². The molecule has 104 valence electrons. The summed E-state index contributed by atoms with van der Waals surface area (Å²) in [7, 11) is 0. The zero-order valence-electron chi connectivity index (χ0n) is 11.6. The summed E-state index contributed by atoms with van der Waals surface area (Å²) in [5, 5.41) is 3.46. The van der Waals surface area contributed by atoms with Crippen LogP contribution in [0.2, 0.25) is 0 Å². The molecule has 1 aliphatic carbocycles. The maximum Gasteiger partial charge on any atom is 0.0730 e. The zero-order valence-corrected chi connectivity index (χ0v) is 11.6. The van der Waals surface area contributed by atoms with Gasteiger partial charge in [-0.2, -0.15) is 0 Å². The zero-order chi connectivity index (χ0) is 12.2. The van der Waals surface area contributed by atoms with Crippen molar-refractivity contribution in [2.45, 2.75) is 57.1 Å². The molecular weight excluding hydrogens is 224 g/mol. The highest BCUT2D eigenvalue weighted by atomic mass is 16.5. The fourth-order valence-corrected chi connectivity index (χ4v) is 4.04. The van der Waals surface area contributed by atoms with Gasteiger partial charge in [-0.15, -0.1) is 0 Å². The van der Waals surface area contributed by atoms with E-state index in [2.05, 4.69) is 10.2 Å². The van der Waals surface area contributed by atoms with Crippen molar-refractivity contribution in [1.82, 2.24) is 10.2 Å². The minimum absolute atomic E-state index is 0.567. The lowest BCUT2D eigenvalue weighted by atomic mass is 9.93. The number of hydrogen-bond donors (Lipinski definition) is 1. The van der Waals surface area contributed by atoms with E-state index in [-0.39, 0.29) is 0 Å². The number of nitrogens with zero attached hydrogens (tertiary/aromatic N) is 1. The van der Waals surface area contributed by atoms with Crippen LogP contribution in [0.4, 0.5) is 0 Å². The molecule has 18 heavy (non-hydrogen) atoms. The van der Waals surface area contributed by atoms with Gasteiger partial charge in [-0.3, -0.25) is 4.90 Å². The van der Waals surface area contributed by atoms with Gasteiger partial charge in [0.2, 0.25) is 0 Å². The number of ether oxygens (including phenoxy) is 1. The molecule has 0 bridgehead atoms. The molecule has 0 radical (unpaired) electrons. The number of fused-ring (bicyclic) bond motifs is 1. The van der Waals surface area contributed by atoms with E-state index < -0.39 is 0 Å². The molecule has 3 heteroatoms. The Labute approximate surface area is 111 Å². The number of morpholine rings is 1. The molecule has 3 fully saturated rings. The summed E-state index contributed by atoms with van der Waals surface area (Å²) in [4.78, 5) is 2.72. The molecule has 2 unspecified atom stereocenters. The molecule has 2 atom stereocenters. The van der Waals surface area contributed by atoms with E-state index >= 15 is 0 Å². The first-order valence-electron chi connectivity index (χ1n) is 8.00. The van der Waals surface area contributed by atoms with Crippen LogP contribution in [0.5, 0.6) is 0 Å². The second kappa shape index (κ2) is 6.36. The minimum atomic E-state index is 0.567. The van der Waals surface area contributed by atoms with Crippen LogP contribution in [0.1, 0.15) is 44.9 Å². The molecule has 3 aliphatic rings. The number of hydrogen-bond acceptors (Lipinski definition) is 3. The van der Waals surface area contributed by atoms with Gasteiger partial charge in [0.1, 0.15) is 0 Å². The number of rotatable bonds is 4.